The topological polar surface area (TPSA) is 143 Å². The second-order valence-electron chi connectivity index (χ2n) is 11.5. The van der Waals surface area contributed by atoms with Crippen LogP contribution in [0.3, 0.4) is 0 Å². The number of cyclic esters (lactones) is 1. The molecular formula is C35H47N3O7. The van der Waals surface area contributed by atoms with Crippen LogP contribution in [0.5, 0.6) is 0 Å². The van der Waals surface area contributed by atoms with E-state index in [0.717, 1.165) is 11.1 Å². The number of hydrogen-bond donors (Lipinski definition) is 4. The Morgan fingerprint density at radius 2 is 1.71 bits per heavy atom. The van der Waals surface area contributed by atoms with Crippen LogP contribution in [0.15, 0.2) is 72.8 Å². The van der Waals surface area contributed by atoms with Gasteiger partial charge in [-0.1, -0.05) is 72.8 Å². The lowest BCUT2D eigenvalue weighted by molar-refractivity contribution is -0.150. The van der Waals surface area contributed by atoms with Crippen molar-refractivity contribution < 1.29 is 33.8 Å². The van der Waals surface area contributed by atoms with Gasteiger partial charge in [0.25, 0.3) is 0 Å². The molecule has 0 fully saturated rings. The van der Waals surface area contributed by atoms with Crippen LogP contribution in [0.4, 0.5) is 4.79 Å². The fourth-order valence-corrected chi connectivity index (χ4v) is 5.06. The fourth-order valence-electron chi connectivity index (χ4n) is 5.06. The molecular weight excluding hydrogens is 574 g/mol. The fraction of sp³-hybridized carbons (Fsp3) is 0.486. The lowest BCUT2D eigenvalue weighted by Crippen LogP contribution is -2.44. The number of alkyl carbamates (subject to hydrolysis) is 1. The summed E-state index contributed by atoms with van der Waals surface area (Å²) >= 11 is 0. The summed E-state index contributed by atoms with van der Waals surface area (Å²) in [5, 5.41) is 17.8. The number of benzene rings is 2. The van der Waals surface area contributed by atoms with Gasteiger partial charge >= 0.3 is 12.1 Å². The van der Waals surface area contributed by atoms with Crippen molar-refractivity contribution in [2.75, 3.05) is 19.8 Å². The van der Waals surface area contributed by atoms with Gasteiger partial charge in [0.1, 0.15) is 13.2 Å². The first kappa shape index (κ1) is 35.3. The van der Waals surface area contributed by atoms with Crippen LogP contribution >= 0.6 is 0 Å². The van der Waals surface area contributed by atoms with Crippen molar-refractivity contribution in [3.8, 4) is 0 Å². The second-order valence-corrected chi connectivity index (χ2v) is 11.5. The Hall–Kier alpha value is -4.18. The van der Waals surface area contributed by atoms with Gasteiger partial charge in [-0.15, -0.1) is 0 Å². The van der Waals surface area contributed by atoms with Crippen LogP contribution in [0.1, 0.15) is 63.0 Å². The van der Waals surface area contributed by atoms with E-state index < -0.39 is 24.1 Å². The number of aliphatic hydroxyl groups is 1. The number of esters is 1. The van der Waals surface area contributed by atoms with Gasteiger partial charge in [0.15, 0.2) is 0 Å². The predicted octanol–water partition coefficient (Wildman–Crippen LogP) is 4.21. The Balaban J connectivity index is 1.59. The number of rotatable bonds is 13. The first-order valence-corrected chi connectivity index (χ1v) is 15.8. The summed E-state index contributed by atoms with van der Waals surface area (Å²) in [6, 6.07) is 18.4. The van der Waals surface area contributed by atoms with E-state index in [1.54, 1.807) is 6.92 Å². The Labute approximate surface area is 266 Å². The monoisotopic (exact) mass is 621 g/mol. The van der Waals surface area contributed by atoms with Crippen molar-refractivity contribution in [2.45, 2.75) is 77.0 Å². The van der Waals surface area contributed by atoms with Gasteiger partial charge in [-0.3, -0.25) is 14.4 Å². The van der Waals surface area contributed by atoms with Crippen LogP contribution in [-0.4, -0.2) is 60.8 Å². The van der Waals surface area contributed by atoms with E-state index in [9.17, 15) is 24.3 Å². The van der Waals surface area contributed by atoms with Crippen LogP contribution in [-0.2, 0) is 36.9 Å². The van der Waals surface area contributed by atoms with Crippen LogP contribution in [0, 0.1) is 11.8 Å². The molecule has 4 atom stereocenters. The highest BCUT2D eigenvalue weighted by atomic mass is 16.5. The number of allylic oxidation sites excluding steroid dienone is 2. The van der Waals surface area contributed by atoms with Gasteiger partial charge in [0.2, 0.25) is 11.8 Å². The largest absolute Gasteiger partial charge is 0.463 e. The molecule has 2 aromatic rings. The Morgan fingerprint density at radius 3 is 2.42 bits per heavy atom. The molecule has 10 heteroatoms. The maximum Gasteiger partial charge on any atom is 0.407 e. The van der Waals surface area contributed by atoms with Crippen LogP contribution < -0.4 is 16.0 Å². The third kappa shape index (κ3) is 14.0. The van der Waals surface area contributed by atoms with Crippen LogP contribution in [0.25, 0.3) is 0 Å². The molecule has 3 rings (SSSR count). The summed E-state index contributed by atoms with van der Waals surface area (Å²) < 4.78 is 11.0. The number of hydrogen-bond acceptors (Lipinski definition) is 7. The summed E-state index contributed by atoms with van der Waals surface area (Å²) in [4.78, 5) is 51.3. The van der Waals surface area contributed by atoms with E-state index >= 15 is 0 Å². The van der Waals surface area contributed by atoms with E-state index in [2.05, 4.69) is 16.0 Å². The van der Waals surface area contributed by atoms with E-state index in [0.29, 0.717) is 51.5 Å². The average Bonchev–Trinajstić information content (AvgIpc) is 3.05. The molecule has 0 saturated heterocycles. The average molecular weight is 622 g/mol. The molecule has 3 amide bonds. The molecule has 0 radical (unpaired) electrons. The third-order valence-corrected chi connectivity index (χ3v) is 7.65. The maximum absolute atomic E-state index is 13.4. The minimum atomic E-state index is -0.618. The Kier molecular flexibility index (Phi) is 15.7. The molecule has 0 aliphatic carbocycles. The number of amides is 3. The van der Waals surface area contributed by atoms with E-state index in [4.69, 9.17) is 9.47 Å². The summed E-state index contributed by atoms with van der Waals surface area (Å²) in [6.45, 7) is 2.08. The zero-order valence-electron chi connectivity index (χ0n) is 26.1. The van der Waals surface area contributed by atoms with Gasteiger partial charge in [-0.2, -0.15) is 0 Å². The molecule has 0 aromatic heterocycles. The summed E-state index contributed by atoms with van der Waals surface area (Å²) in [7, 11) is 0. The van der Waals surface area contributed by atoms with Crippen molar-refractivity contribution in [2.24, 2.45) is 11.8 Å². The zero-order valence-corrected chi connectivity index (χ0v) is 26.1. The molecule has 0 saturated carbocycles. The maximum atomic E-state index is 13.4. The van der Waals surface area contributed by atoms with Crippen molar-refractivity contribution in [1.82, 2.24) is 16.0 Å². The van der Waals surface area contributed by atoms with Crippen molar-refractivity contribution in [3.63, 3.8) is 0 Å². The number of nitrogens with one attached hydrogen (secondary N) is 3. The SMILES string of the molecule is C[C@@H](CO)NC(=O)C[C@H]1CC=CCC[C@H](Cc2ccccc2)C(=O)OC[C@H](CCCCNC(=O)OCc2ccccc2)NC1=O. The minimum Gasteiger partial charge on any atom is -0.463 e. The van der Waals surface area contributed by atoms with Crippen molar-refractivity contribution in [1.29, 1.82) is 0 Å². The number of carbonyl (C=O) groups is 4. The number of ether oxygens (including phenoxy) is 2. The first-order valence-electron chi connectivity index (χ1n) is 15.8. The summed E-state index contributed by atoms with van der Waals surface area (Å²) in [6.07, 6.45) is 7.27. The highest BCUT2D eigenvalue weighted by molar-refractivity contribution is 5.86. The van der Waals surface area contributed by atoms with Gasteiger partial charge in [0, 0.05) is 19.0 Å². The number of unbranched alkanes of at least 4 members (excludes halogenated alkanes) is 1. The molecule has 0 spiro atoms. The van der Waals surface area contributed by atoms with Crippen LogP contribution in [0.2, 0.25) is 0 Å². The Bertz CT molecular complexity index is 1220. The smallest absolute Gasteiger partial charge is 0.407 e. The molecule has 0 unspecified atom stereocenters. The summed E-state index contributed by atoms with van der Waals surface area (Å²) in [5.74, 6) is -1.86. The molecule has 45 heavy (non-hydrogen) atoms. The van der Waals surface area contributed by atoms with E-state index in [1.165, 1.54) is 0 Å². The number of carbonyl (C=O) groups excluding carboxylic acids is 4. The normalized spacial score (nSPS) is 19.9. The Morgan fingerprint density at radius 1 is 1.00 bits per heavy atom. The summed E-state index contributed by atoms with van der Waals surface area (Å²) in [5.41, 5.74) is 1.95. The molecule has 1 aliphatic heterocycles. The second kappa shape index (κ2) is 20.0. The zero-order chi connectivity index (χ0) is 32.3. The van der Waals surface area contributed by atoms with Gasteiger partial charge in [0.05, 0.1) is 24.5 Å². The van der Waals surface area contributed by atoms with E-state index in [1.807, 2.05) is 72.8 Å². The number of aliphatic hydroxyl groups excluding tert-OH is 1. The van der Waals surface area contributed by atoms with E-state index in [-0.39, 0.29) is 49.9 Å². The lowest BCUT2D eigenvalue weighted by atomic mass is 9.94. The quantitative estimate of drug-likeness (QED) is 0.149. The van der Waals surface area contributed by atoms with Crippen molar-refractivity contribution in [3.05, 3.63) is 83.9 Å². The molecule has 1 heterocycles. The highest BCUT2D eigenvalue weighted by Crippen LogP contribution is 2.19. The first-order chi connectivity index (χ1) is 21.8. The molecule has 244 valence electrons. The predicted molar refractivity (Wildman–Crippen MR) is 171 cm³/mol. The highest BCUT2D eigenvalue weighted by Gasteiger charge is 2.27. The molecule has 2 aromatic carbocycles. The molecule has 0 bridgehead atoms. The molecule has 4 N–H and O–H groups in total. The molecule has 10 nitrogen and oxygen atoms in total. The van der Waals surface area contributed by atoms with Crippen molar-refractivity contribution >= 4 is 23.9 Å². The van der Waals surface area contributed by atoms with Gasteiger partial charge in [-0.25, -0.2) is 4.79 Å². The lowest BCUT2D eigenvalue weighted by Gasteiger charge is -2.23. The third-order valence-electron chi connectivity index (χ3n) is 7.65. The minimum absolute atomic E-state index is 0.0102. The van der Waals surface area contributed by atoms with Gasteiger partial charge < -0.3 is 30.5 Å². The standard InChI is InChI=1S/C35H47N3O7/c1-26(23-39)37-32(40)22-29-17-9-4-10-18-30(21-27-13-5-2-6-14-27)34(42)44-25-31(38-33(29)41)19-11-12-20-36-35(43)45-24-28-15-7-3-8-16-28/h2-9,13-16,26,29-31,39H,10-12,17-25H2,1H3,(H,36,43)(H,37,40)(H,38,41)/t26-,29+,30+,31-/m0/s1. The van der Waals surface area contributed by atoms with Gasteiger partial charge in [-0.05, 0) is 63.0 Å². The molecule has 1 aliphatic rings.